The van der Waals surface area contributed by atoms with Crippen LogP contribution < -0.4 is 10.1 Å². The first-order chi connectivity index (χ1) is 16.7. The fourth-order valence-corrected chi connectivity index (χ4v) is 5.57. The molecule has 1 aliphatic carbocycles. The first kappa shape index (κ1) is 20.1. The Morgan fingerprint density at radius 3 is 3.06 bits per heavy atom. The van der Waals surface area contributed by atoms with Crippen LogP contribution in [-0.2, 0) is 13.0 Å². The molecule has 0 radical (unpaired) electrons. The van der Waals surface area contributed by atoms with Crippen LogP contribution in [0.25, 0.3) is 33.4 Å². The molecule has 6 nitrogen and oxygen atoms in total. The zero-order chi connectivity index (χ0) is 22.6. The van der Waals surface area contributed by atoms with Crippen molar-refractivity contribution in [2.75, 3.05) is 26.2 Å². The van der Waals surface area contributed by atoms with Crippen LogP contribution in [0.15, 0.2) is 48.7 Å². The fraction of sp³-hybridized carbons (Fsp3) is 0.333. The Bertz CT molecular complexity index is 1400. The van der Waals surface area contributed by atoms with Gasteiger partial charge in [-0.05, 0) is 60.7 Å². The first-order valence-electron chi connectivity index (χ1n) is 12.1. The van der Waals surface area contributed by atoms with Gasteiger partial charge in [0.25, 0.3) is 0 Å². The van der Waals surface area contributed by atoms with Crippen molar-refractivity contribution >= 4 is 10.9 Å². The normalized spacial score (nSPS) is 23.6. The maximum Gasteiger partial charge on any atom is 0.136 e. The van der Waals surface area contributed by atoms with Crippen molar-refractivity contribution in [3.8, 4) is 28.3 Å². The van der Waals surface area contributed by atoms with Crippen molar-refractivity contribution in [3.05, 3.63) is 65.6 Å². The molecule has 34 heavy (non-hydrogen) atoms. The summed E-state index contributed by atoms with van der Waals surface area (Å²) in [5, 5.41) is 12.2. The molecule has 7 rings (SSSR count). The van der Waals surface area contributed by atoms with Crippen molar-refractivity contribution in [2.24, 2.45) is 5.92 Å². The van der Waals surface area contributed by atoms with E-state index in [9.17, 15) is 0 Å². The number of fused-ring (bicyclic) bond motifs is 8. The Morgan fingerprint density at radius 1 is 1.12 bits per heavy atom. The second-order valence-electron chi connectivity index (χ2n) is 9.62. The van der Waals surface area contributed by atoms with E-state index in [2.05, 4.69) is 43.6 Å². The summed E-state index contributed by atoms with van der Waals surface area (Å²) < 4.78 is 21.0. The summed E-state index contributed by atoms with van der Waals surface area (Å²) in [5.74, 6) is 0.853. The van der Waals surface area contributed by atoms with E-state index in [1.54, 1.807) is 12.3 Å². The molecule has 0 amide bonds. The highest BCUT2D eigenvalue weighted by atomic mass is 19.1. The first-order valence-corrected chi connectivity index (χ1v) is 12.1. The van der Waals surface area contributed by atoms with E-state index in [1.807, 2.05) is 12.1 Å². The molecule has 3 atom stereocenters. The summed E-state index contributed by atoms with van der Waals surface area (Å²) in [6.07, 6.45) is 4.06. The largest absolute Gasteiger partial charge is 0.491 e. The molecule has 4 heterocycles. The number of aromatic amines is 1. The summed E-state index contributed by atoms with van der Waals surface area (Å²) in [4.78, 5) is 7.18. The van der Waals surface area contributed by atoms with Crippen LogP contribution in [-0.4, -0.2) is 52.4 Å². The summed E-state index contributed by atoms with van der Waals surface area (Å²) >= 11 is 0. The van der Waals surface area contributed by atoms with Crippen LogP contribution in [0.2, 0.25) is 0 Å². The van der Waals surface area contributed by atoms with Crippen molar-refractivity contribution in [1.29, 1.82) is 0 Å². The number of H-pyrrole nitrogens is 1. The van der Waals surface area contributed by atoms with Gasteiger partial charge in [-0.25, -0.2) is 4.39 Å². The van der Waals surface area contributed by atoms with Crippen LogP contribution in [0.3, 0.4) is 0 Å². The Labute approximate surface area is 197 Å². The molecule has 172 valence electrons. The summed E-state index contributed by atoms with van der Waals surface area (Å²) in [6.45, 7) is 4.30. The number of rotatable bonds is 0. The fourth-order valence-electron chi connectivity index (χ4n) is 5.57. The molecular weight excluding hydrogens is 429 g/mol. The molecule has 0 saturated heterocycles. The SMILES string of the molecule is Fc1cccc2c1-c1cc3c(n[nH]c3cn1)-c1ccc3c(c1)CN(CC3)C1CC1CNCCO2. The lowest BCUT2D eigenvalue weighted by Gasteiger charge is -2.29. The van der Waals surface area contributed by atoms with Crippen LogP contribution in [0, 0.1) is 11.7 Å². The van der Waals surface area contributed by atoms with Gasteiger partial charge in [0.05, 0.1) is 23.0 Å². The summed E-state index contributed by atoms with van der Waals surface area (Å²) in [5.41, 5.74) is 6.52. The Morgan fingerprint density at radius 2 is 2.09 bits per heavy atom. The highest BCUT2D eigenvalue weighted by Gasteiger charge is 2.42. The smallest absolute Gasteiger partial charge is 0.136 e. The number of nitrogens with zero attached hydrogens (tertiary/aromatic N) is 3. The number of ether oxygens (including phenoxy) is 1. The minimum absolute atomic E-state index is 0.341. The zero-order valence-corrected chi connectivity index (χ0v) is 18.9. The van der Waals surface area contributed by atoms with Gasteiger partial charge in [-0.3, -0.25) is 15.0 Å². The zero-order valence-electron chi connectivity index (χ0n) is 18.9. The van der Waals surface area contributed by atoms with Gasteiger partial charge in [-0.1, -0.05) is 18.2 Å². The maximum atomic E-state index is 15.0. The third-order valence-corrected chi connectivity index (χ3v) is 7.50. The molecule has 2 aromatic carbocycles. The second kappa shape index (κ2) is 7.89. The molecule has 2 aromatic heterocycles. The van der Waals surface area contributed by atoms with Crippen molar-refractivity contribution < 1.29 is 9.13 Å². The highest BCUT2D eigenvalue weighted by Crippen LogP contribution is 2.39. The number of hydrogen-bond acceptors (Lipinski definition) is 5. The van der Waals surface area contributed by atoms with Gasteiger partial charge in [-0.2, -0.15) is 5.10 Å². The van der Waals surface area contributed by atoms with E-state index in [-0.39, 0.29) is 5.82 Å². The monoisotopic (exact) mass is 455 g/mol. The van der Waals surface area contributed by atoms with E-state index >= 15 is 4.39 Å². The molecule has 7 heteroatoms. The molecule has 1 saturated carbocycles. The Kier molecular flexibility index (Phi) is 4.67. The molecule has 2 aliphatic heterocycles. The van der Waals surface area contributed by atoms with Gasteiger partial charge in [0, 0.05) is 36.6 Å². The third kappa shape index (κ3) is 3.38. The lowest BCUT2D eigenvalue weighted by molar-refractivity contribution is 0.230. The molecule has 3 aliphatic rings. The maximum absolute atomic E-state index is 15.0. The molecular formula is C27H26FN5O. The van der Waals surface area contributed by atoms with Crippen LogP contribution in [0.5, 0.6) is 5.75 Å². The van der Waals surface area contributed by atoms with Gasteiger partial charge in [0.2, 0.25) is 0 Å². The van der Waals surface area contributed by atoms with Gasteiger partial charge in [0.15, 0.2) is 0 Å². The summed E-state index contributed by atoms with van der Waals surface area (Å²) in [6, 6.07) is 14.2. The van der Waals surface area contributed by atoms with Crippen molar-refractivity contribution in [2.45, 2.75) is 25.4 Å². The lowest BCUT2D eigenvalue weighted by Crippen LogP contribution is -2.34. The number of nitrogens with one attached hydrogen (secondary N) is 2. The van der Waals surface area contributed by atoms with E-state index in [4.69, 9.17) is 4.74 Å². The van der Waals surface area contributed by atoms with Crippen LogP contribution >= 0.6 is 0 Å². The van der Waals surface area contributed by atoms with E-state index < -0.39 is 0 Å². The average molecular weight is 456 g/mol. The number of aromatic nitrogens is 3. The molecule has 1 fully saturated rings. The predicted octanol–water partition coefficient (Wildman–Crippen LogP) is 4.16. The standard InChI is InChI=1S/C27H26FN5O/c28-21-2-1-3-25-26(21)22-12-20-23(14-30-22)31-32-27(20)17-5-4-16-6-8-33(15-19(16)10-17)24-11-18(24)13-29-7-9-34-25/h1-5,10,12,14,18,24,29H,6-9,11,13,15H2,(H,31,32). The topological polar surface area (TPSA) is 66.1 Å². The second-order valence-corrected chi connectivity index (χ2v) is 9.62. The number of halogens is 1. The van der Waals surface area contributed by atoms with E-state index in [1.165, 1.54) is 23.6 Å². The Balaban J connectivity index is 1.37. The van der Waals surface area contributed by atoms with Crippen molar-refractivity contribution in [3.63, 3.8) is 0 Å². The number of benzene rings is 2. The highest BCUT2D eigenvalue weighted by molar-refractivity contribution is 5.95. The van der Waals surface area contributed by atoms with Gasteiger partial charge < -0.3 is 10.1 Å². The summed E-state index contributed by atoms with van der Waals surface area (Å²) in [7, 11) is 0. The van der Waals surface area contributed by atoms with E-state index in [0.29, 0.717) is 35.6 Å². The minimum atomic E-state index is -0.341. The Hall–Kier alpha value is -3.29. The van der Waals surface area contributed by atoms with Crippen LogP contribution in [0.4, 0.5) is 4.39 Å². The predicted molar refractivity (Wildman–Crippen MR) is 129 cm³/mol. The van der Waals surface area contributed by atoms with E-state index in [0.717, 1.165) is 54.8 Å². The molecule has 2 N–H and O–H groups in total. The molecule has 3 unspecified atom stereocenters. The van der Waals surface area contributed by atoms with Crippen LogP contribution in [0.1, 0.15) is 17.5 Å². The molecule has 5 bridgehead atoms. The van der Waals surface area contributed by atoms with Crippen molar-refractivity contribution in [1.82, 2.24) is 25.4 Å². The van der Waals surface area contributed by atoms with Gasteiger partial charge >= 0.3 is 0 Å². The van der Waals surface area contributed by atoms with Gasteiger partial charge in [-0.15, -0.1) is 0 Å². The molecule has 4 aromatic rings. The number of pyridine rings is 1. The quantitative estimate of drug-likeness (QED) is 0.417. The molecule has 0 spiro atoms. The third-order valence-electron chi connectivity index (χ3n) is 7.50. The average Bonchev–Trinajstić information content (AvgIpc) is 3.51. The lowest BCUT2D eigenvalue weighted by atomic mass is 9.95. The number of hydrogen-bond donors (Lipinski definition) is 2. The van der Waals surface area contributed by atoms with Gasteiger partial charge in [0.1, 0.15) is 23.9 Å². The minimum Gasteiger partial charge on any atom is -0.491 e.